The van der Waals surface area contributed by atoms with Gasteiger partial charge in [0.15, 0.2) is 18.1 Å². The van der Waals surface area contributed by atoms with Crippen molar-refractivity contribution in [1.29, 1.82) is 5.26 Å². The van der Waals surface area contributed by atoms with Crippen molar-refractivity contribution in [3.8, 4) is 23.3 Å². The minimum absolute atomic E-state index is 0.0829. The van der Waals surface area contributed by atoms with E-state index in [2.05, 4.69) is 33.2 Å². The summed E-state index contributed by atoms with van der Waals surface area (Å²) in [5.74, 6) is 0.604. The molecule has 0 spiro atoms. The highest BCUT2D eigenvalue weighted by Crippen LogP contribution is 2.35. The first-order valence-electron chi connectivity index (χ1n) is 11.8. The lowest BCUT2D eigenvalue weighted by atomic mass is 10.1. The summed E-state index contributed by atoms with van der Waals surface area (Å²) in [4.78, 5) is 25.2. The molecule has 0 bridgehead atoms. The number of rotatable bonds is 10. The van der Waals surface area contributed by atoms with Crippen LogP contribution in [0, 0.1) is 28.7 Å². The van der Waals surface area contributed by atoms with Crippen molar-refractivity contribution in [1.82, 2.24) is 0 Å². The molecule has 0 fully saturated rings. The monoisotopic (exact) mass is 625 g/mol. The fraction of sp³-hybridized carbons (Fsp3) is 0.207. The molecule has 0 unspecified atom stereocenters. The number of carbonyl (C=O) groups is 2. The molecule has 0 aromatic heterocycles. The molecule has 3 rings (SSSR count). The second kappa shape index (κ2) is 13.5. The molecule has 38 heavy (non-hydrogen) atoms. The van der Waals surface area contributed by atoms with Crippen LogP contribution in [0.5, 0.6) is 17.2 Å². The molecule has 0 aliphatic heterocycles. The van der Waals surface area contributed by atoms with Gasteiger partial charge in [-0.05, 0) is 115 Å². The Morgan fingerprint density at radius 1 is 0.974 bits per heavy atom. The van der Waals surface area contributed by atoms with E-state index in [4.69, 9.17) is 14.2 Å². The van der Waals surface area contributed by atoms with Crippen LogP contribution in [-0.4, -0.2) is 32.1 Å². The second-order valence-corrected chi connectivity index (χ2v) is 9.41. The standard InChI is InChI=1S/C29H28IN3O5/c1-5-37-26-15-20(13-21(16-31)29(35)33-22-8-10-24(36-4)11-9-22)14-25(30)28(26)38-17-27(34)32-23-7-6-18(2)19(3)12-23/h6-15H,5,17H2,1-4H3,(H,32,34)(H,33,35)/b21-13-. The Morgan fingerprint density at radius 2 is 1.68 bits per heavy atom. The molecule has 0 aliphatic carbocycles. The average Bonchev–Trinajstić information content (AvgIpc) is 2.89. The van der Waals surface area contributed by atoms with E-state index in [-0.39, 0.29) is 18.1 Å². The van der Waals surface area contributed by atoms with Gasteiger partial charge >= 0.3 is 0 Å². The number of methoxy groups -OCH3 is 1. The molecule has 0 atom stereocenters. The van der Waals surface area contributed by atoms with Gasteiger partial charge in [-0.3, -0.25) is 9.59 Å². The number of halogens is 1. The lowest BCUT2D eigenvalue weighted by Gasteiger charge is -2.15. The average molecular weight is 625 g/mol. The molecule has 196 valence electrons. The van der Waals surface area contributed by atoms with Gasteiger partial charge in [0.25, 0.3) is 11.8 Å². The van der Waals surface area contributed by atoms with Crippen molar-refractivity contribution in [3.05, 3.63) is 80.4 Å². The second-order valence-electron chi connectivity index (χ2n) is 8.25. The topological polar surface area (TPSA) is 110 Å². The summed E-state index contributed by atoms with van der Waals surface area (Å²) in [5, 5.41) is 15.1. The third-order valence-corrected chi connectivity index (χ3v) is 6.30. The molecule has 9 heteroatoms. The number of benzene rings is 3. The normalized spacial score (nSPS) is 10.8. The fourth-order valence-electron chi connectivity index (χ4n) is 3.42. The van der Waals surface area contributed by atoms with Crippen molar-refractivity contribution in [2.24, 2.45) is 0 Å². The third-order valence-electron chi connectivity index (χ3n) is 5.49. The van der Waals surface area contributed by atoms with Crippen molar-refractivity contribution in [3.63, 3.8) is 0 Å². The lowest BCUT2D eigenvalue weighted by Crippen LogP contribution is -2.20. The lowest BCUT2D eigenvalue weighted by molar-refractivity contribution is -0.118. The SMILES string of the molecule is CCOc1cc(/C=C(/C#N)C(=O)Nc2ccc(OC)cc2)cc(I)c1OCC(=O)Nc1ccc(C)c(C)c1. The predicted octanol–water partition coefficient (Wildman–Crippen LogP) is 5.88. The molecule has 0 saturated heterocycles. The van der Waals surface area contributed by atoms with Crippen LogP contribution >= 0.6 is 22.6 Å². The van der Waals surface area contributed by atoms with Gasteiger partial charge in [0, 0.05) is 11.4 Å². The number of aryl methyl sites for hydroxylation is 2. The van der Waals surface area contributed by atoms with Crippen molar-refractivity contribution < 1.29 is 23.8 Å². The first kappa shape index (κ1) is 28.5. The fourth-order valence-corrected chi connectivity index (χ4v) is 4.20. The van der Waals surface area contributed by atoms with E-state index >= 15 is 0 Å². The highest BCUT2D eigenvalue weighted by molar-refractivity contribution is 14.1. The quantitative estimate of drug-likeness (QED) is 0.166. The van der Waals surface area contributed by atoms with E-state index in [1.165, 1.54) is 6.08 Å². The van der Waals surface area contributed by atoms with Crippen LogP contribution in [0.1, 0.15) is 23.6 Å². The van der Waals surface area contributed by atoms with Crippen molar-refractivity contribution in [2.45, 2.75) is 20.8 Å². The molecule has 0 heterocycles. The summed E-state index contributed by atoms with van der Waals surface area (Å²) in [5.41, 5.74) is 3.94. The summed E-state index contributed by atoms with van der Waals surface area (Å²) in [6, 6.07) is 17.8. The maximum absolute atomic E-state index is 12.7. The summed E-state index contributed by atoms with van der Waals surface area (Å²) < 4.78 is 17.3. The van der Waals surface area contributed by atoms with Gasteiger partial charge in [0.05, 0.1) is 17.3 Å². The van der Waals surface area contributed by atoms with Gasteiger partial charge in [-0.25, -0.2) is 0 Å². The first-order chi connectivity index (χ1) is 18.2. The maximum Gasteiger partial charge on any atom is 0.266 e. The van der Waals surface area contributed by atoms with Crippen LogP contribution in [-0.2, 0) is 9.59 Å². The van der Waals surface area contributed by atoms with Crippen LogP contribution < -0.4 is 24.8 Å². The molecule has 3 aromatic carbocycles. The van der Waals surface area contributed by atoms with Gasteiger partial charge in [-0.2, -0.15) is 5.26 Å². The van der Waals surface area contributed by atoms with E-state index in [1.54, 1.807) is 43.5 Å². The molecule has 0 radical (unpaired) electrons. The summed E-state index contributed by atoms with van der Waals surface area (Å²) in [6.07, 6.45) is 1.47. The number of hydrogen-bond acceptors (Lipinski definition) is 6. The van der Waals surface area contributed by atoms with Gasteiger partial charge in [-0.15, -0.1) is 0 Å². The van der Waals surface area contributed by atoms with Crippen molar-refractivity contribution in [2.75, 3.05) is 31.0 Å². The zero-order valence-electron chi connectivity index (χ0n) is 21.6. The number of hydrogen-bond donors (Lipinski definition) is 2. The Hall–Kier alpha value is -4.04. The van der Waals surface area contributed by atoms with Gasteiger partial charge in [0.1, 0.15) is 17.4 Å². The number of nitriles is 1. The zero-order chi connectivity index (χ0) is 27.7. The predicted molar refractivity (Wildman–Crippen MR) is 156 cm³/mol. The van der Waals surface area contributed by atoms with Gasteiger partial charge in [-0.1, -0.05) is 6.07 Å². The Bertz CT molecular complexity index is 1390. The zero-order valence-corrected chi connectivity index (χ0v) is 23.7. The van der Waals surface area contributed by atoms with E-state index in [9.17, 15) is 14.9 Å². The van der Waals surface area contributed by atoms with E-state index in [0.717, 1.165) is 11.1 Å². The van der Waals surface area contributed by atoms with Gasteiger partial charge < -0.3 is 24.8 Å². The number of nitrogens with zero attached hydrogens (tertiary/aromatic N) is 1. The van der Waals surface area contributed by atoms with Crippen LogP contribution in [0.25, 0.3) is 6.08 Å². The molecule has 3 aromatic rings. The van der Waals surface area contributed by atoms with E-state index < -0.39 is 5.91 Å². The van der Waals surface area contributed by atoms with Crippen LogP contribution in [0.15, 0.2) is 60.2 Å². The minimum atomic E-state index is -0.547. The summed E-state index contributed by atoms with van der Waals surface area (Å²) in [7, 11) is 1.55. The van der Waals surface area contributed by atoms with Crippen LogP contribution in [0.2, 0.25) is 0 Å². The number of anilines is 2. The third kappa shape index (κ3) is 7.73. The summed E-state index contributed by atoms with van der Waals surface area (Å²) in [6.45, 7) is 5.96. The molecule has 0 aliphatic rings. The molecule has 8 nitrogen and oxygen atoms in total. The highest BCUT2D eigenvalue weighted by Gasteiger charge is 2.16. The number of amides is 2. The van der Waals surface area contributed by atoms with E-state index in [0.29, 0.717) is 44.4 Å². The van der Waals surface area contributed by atoms with E-state index in [1.807, 2.05) is 45.0 Å². The maximum atomic E-state index is 12.7. The number of nitrogens with one attached hydrogen (secondary N) is 2. The Balaban J connectivity index is 1.75. The smallest absolute Gasteiger partial charge is 0.266 e. The molecule has 0 saturated carbocycles. The molecular formula is C29H28IN3O5. The van der Waals surface area contributed by atoms with Crippen LogP contribution in [0.3, 0.4) is 0 Å². The first-order valence-corrected chi connectivity index (χ1v) is 12.8. The largest absolute Gasteiger partial charge is 0.497 e. The molecular weight excluding hydrogens is 597 g/mol. The number of carbonyl (C=O) groups excluding carboxylic acids is 2. The highest BCUT2D eigenvalue weighted by atomic mass is 127. The molecule has 2 amide bonds. The van der Waals surface area contributed by atoms with Gasteiger partial charge in [0.2, 0.25) is 0 Å². The Kier molecular flexibility index (Phi) is 10.1. The number of ether oxygens (including phenoxy) is 3. The van der Waals surface area contributed by atoms with Crippen molar-refractivity contribution >= 4 is 51.9 Å². The Labute approximate surface area is 235 Å². The van der Waals surface area contributed by atoms with Crippen LogP contribution in [0.4, 0.5) is 11.4 Å². The Morgan fingerprint density at radius 3 is 2.32 bits per heavy atom. The minimum Gasteiger partial charge on any atom is -0.497 e. The molecule has 2 N–H and O–H groups in total. The summed E-state index contributed by atoms with van der Waals surface area (Å²) >= 11 is 2.07.